The van der Waals surface area contributed by atoms with Crippen LogP contribution in [0.4, 0.5) is 0 Å². The Morgan fingerprint density at radius 3 is 2.30 bits per heavy atom. The third-order valence-corrected chi connectivity index (χ3v) is 4.48. The average Bonchev–Trinajstić information content (AvgIpc) is 2.46. The smallest absolute Gasteiger partial charge is 0.253 e. The molecule has 0 spiro atoms. The van der Waals surface area contributed by atoms with Crippen molar-refractivity contribution >= 4 is 35.0 Å². The molecule has 1 aromatic carbocycles. The molecule has 1 N–H and O–H groups in total. The number of halogens is 2. The first kappa shape index (κ1) is 18.1. The van der Waals surface area contributed by atoms with Crippen LogP contribution >= 0.6 is 23.2 Å². The van der Waals surface area contributed by atoms with E-state index in [0.717, 1.165) is 12.8 Å². The Bertz CT molecular complexity index is 603. The van der Waals surface area contributed by atoms with Gasteiger partial charge in [-0.1, -0.05) is 44.0 Å². The molecular weight excluding hydrogens is 335 g/mol. The van der Waals surface area contributed by atoms with E-state index in [4.69, 9.17) is 23.2 Å². The van der Waals surface area contributed by atoms with Crippen molar-refractivity contribution in [3.63, 3.8) is 0 Å². The second kappa shape index (κ2) is 7.10. The lowest BCUT2D eigenvalue weighted by atomic mass is 9.93. The van der Waals surface area contributed by atoms with Gasteiger partial charge in [0.2, 0.25) is 5.91 Å². The fourth-order valence-corrected chi connectivity index (χ4v) is 3.13. The number of benzene rings is 1. The molecule has 6 heteroatoms. The number of carbonyl (C=O) groups excluding carboxylic acids is 2. The first-order chi connectivity index (χ1) is 10.7. The SMILES string of the molecule is CC(C)(C)C(=O)N1CCC(NC(=O)c2ccc(Cl)cc2Cl)CC1. The molecule has 2 amide bonds. The van der Waals surface area contributed by atoms with Gasteiger partial charge in [0.15, 0.2) is 0 Å². The van der Waals surface area contributed by atoms with E-state index in [1.807, 2.05) is 25.7 Å². The van der Waals surface area contributed by atoms with Crippen molar-refractivity contribution in [3.8, 4) is 0 Å². The highest BCUT2D eigenvalue weighted by Gasteiger charge is 2.30. The summed E-state index contributed by atoms with van der Waals surface area (Å²) in [7, 11) is 0. The molecule has 0 aromatic heterocycles. The summed E-state index contributed by atoms with van der Waals surface area (Å²) in [5, 5.41) is 3.83. The number of nitrogens with zero attached hydrogens (tertiary/aromatic N) is 1. The van der Waals surface area contributed by atoms with Crippen LogP contribution in [0.2, 0.25) is 10.0 Å². The first-order valence-electron chi connectivity index (χ1n) is 7.74. The maximum absolute atomic E-state index is 12.3. The van der Waals surface area contributed by atoms with Crippen molar-refractivity contribution in [2.24, 2.45) is 5.41 Å². The molecule has 1 fully saturated rings. The number of nitrogens with one attached hydrogen (secondary N) is 1. The van der Waals surface area contributed by atoms with Crippen molar-refractivity contribution in [3.05, 3.63) is 33.8 Å². The minimum atomic E-state index is -0.368. The Morgan fingerprint density at radius 1 is 1.17 bits per heavy atom. The van der Waals surface area contributed by atoms with Crippen LogP contribution in [0.25, 0.3) is 0 Å². The Kier molecular flexibility index (Phi) is 5.58. The van der Waals surface area contributed by atoms with Gasteiger partial charge in [0.1, 0.15) is 0 Å². The van der Waals surface area contributed by atoms with Crippen LogP contribution < -0.4 is 5.32 Å². The van der Waals surface area contributed by atoms with E-state index >= 15 is 0 Å². The molecule has 0 atom stereocenters. The fourth-order valence-electron chi connectivity index (χ4n) is 2.64. The molecule has 1 heterocycles. The summed E-state index contributed by atoms with van der Waals surface area (Å²) in [4.78, 5) is 26.4. The van der Waals surface area contributed by atoms with E-state index in [1.54, 1.807) is 18.2 Å². The monoisotopic (exact) mass is 356 g/mol. The Balaban J connectivity index is 1.91. The summed E-state index contributed by atoms with van der Waals surface area (Å²) < 4.78 is 0. The number of likely N-dealkylation sites (tertiary alicyclic amines) is 1. The van der Waals surface area contributed by atoms with Crippen LogP contribution in [-0.2, 0) is 4.79 Å². The second-order valence-corrected chi connectivity index (χ2v) is 7.76. The number of carbonyl (C=O) groups is 2. The van der Waals surface area contributed by atoms with Gasteiger partial charge in [0.05, 0.1) is 10.6 Å². The van der Waals surface area contributed by atoms with Crippen LogP contribution in [-0.4, -0.2) is 35.8 Å². The largest absolute Gasteiger partial charge is 0.349 e. The molecule has 1 aliphatic rings. The zero-order valence-corrected chi connectivity index (χ0v) is 15.2. The van der Waals surface area contributed by atoms with Gasteiger partial charge in [0.25, 0.3) is 5.91 Å². The summed E-state index contributed by atoms with van der Waals surface area (Å²) in [6.45, 7) is 7.09. The lowest BCUT2D eigenvalue weighted by Crippen LogP contribution is -2.49. The Labute approximate surface area is 147 Å². The van der Waals surface area contributed by atoms with Crippen LogP contribution in [0.15, 0.2) is 18.2 Å². The molecule has 2 rings (SSSR count). The predicted molar refractivity (Wildman–Crippen MR) is 93.0 cm³/mol. The quantitative estimate of drug-likeness (QED) is 0.876. The molecule has 1 aliphatic heterocycles. The van der Waals surface area contributed by atoms with Gasteiger partial charge < -0.3 is 10.2 Å². The minimum absolute atomic E-state index is 0.0539. The topological polar surface area (TPSA) is 49.4 Å². The summed E-state index contributed by atoms with van der Waals surface area (Å²) in [6, 6.07) is 4.88. The molecule has 0 radical (unpaired) electrons. The summed E-state index contributed by atoms with van der Waals surface area (Å²) >= 11 is 11.9. The van der Waals surface area contributed by atoms with Crippen molar-refractivity contribution in [1.29, 1.82) is 0 Å². The Morgan fingerprint density at radius 2 is 1.78 bits per heavy atom. The number of piperidine rings is 1. The second-order valence-electron chi connectivity index (χ2n) is 6.91. The van der Waals surface area contributed by atoms with Gasteiger partial charge in [0, 0.05) is 29.6 Å². The number of hydrogen-bond donors (Lipinski definition) is 1. The third-order valence-electron chi connectivity index (χ3n) is 3.93. The van der Waals surface area contributed by atoms with Gasteiger partial charge in [-0.2, -0.15) is 0 Å². The van der Waals surface area contributed by atoms with E-state index in [-0.39, 0.29) is 23.3 Å². The molecule has 23 heavy (non-hydrogen) atoms. The standard InChI is InChI=1S/C17H22Cl2N2O2/c1-17(2,3)16(23)21-8-6-12(7-9-21)20-15(22)13-5-4-11(18)10-14(13)19/h4-5,10,12H,6-9H2,1-3H3,(H,20,22). The zero-order chi connectivity index (χ0) is 17.2. The highest BCUT2D eigenvalue weighted by molar-refractivity contribution is 6.36. The third kappa shape index (κ3) is 4.61. The lowest BCUT2D eigenvalue weighted by Gasteiger charge is -2.36. The first-order valence-corrected chi connectivity index (χ1v) is 8.49. The fraction of sp³-hybridized carbons (Fsp3) is 0.529. The maximum atomic E-state index is 12.3. The maximum Gasteiger partial charge on any atom is 0.253 e. The highest BCUT2D eigenvalue weighted by Crippen LogP contribution is 2.23. The Hall–Kier alpha value is -1.26. The van der Waals surface area contributed by atoms with E-state index in [1.165, 1.54) is 0 Å². The van der Waals surface area contributed by atoms with Crippen molar-refractivity contribution in [2.75, 3.05) is 13.1 Å². The normalized spacial score (nSPS) is 16.3. The molecule has 1 aromatic rings. The molecule has 4 nitrogen and oxygen atoms in total. The number of rotatable bonds is 2. The molecule has 0 aliphatic carbocycles. The van der Waals surface area contributed by atoms with Gasteiger partial charge in [-0.05, 0) is 31.0 Å². The highest BCUT2D eigenvalue weighted by atomic mass is 35.5. The molecule has 0 saturated carbocycles. The average molecular weight is 357 g/mol. The zero-order valence-electron chi connectivity index (χ0n) is 13.7. The van der Waals surface area contributed by atoms with E-state index in [9.17, 15) is 9.59 Å². The summed E-state index contributed by atoms with van der Waals surface area (Å²) in [6.07, 6.45) is 1.50. The van der Waals surface area contributed by atoms with Crippen molar-refractivity contribution in [1.82, 2.24) is 10.2 Å². The van der Waals surface area contributed by atoms with E-state index in [2.05, 4.69) is 5.32 Å². The number of hydrogen-bond acceptors (Lipinski definition) is 2. The van der Waals surface area contributed by atoms with Crippen molar-refractivity contribution in [2.45, 2.75) is 39.7 Å². The van der Waals surface area contributed by atoms with Gasteiger partial charge in [-0.15, -0.1) is 0 Å². The molecular formula is C17H22Cl2N2O2. The lowest BCUT2D eigenvalue weighted by molar-refractivity contribution is -0.140. The van der Waals surface area contributed by atoms with Crippen LogP contribution in [0.5, 0.6) is 0 Å². The molecule has 0 unspecified atom stereocenters. The predicted octanol–water partition coefficient (Wildman–Crippen LogP) is 3.76. The van der Waals surface area contributed by atoms with Crippen LogP contribution in [0.1, 0.15) is 44.0 Å². The summed E-state index contributed by atoms with van der Waals surface area (Å²) in [5.41, 5.74) is 0.0525. The molecule has 0 bridgehead atoms. The van der Waals surface area contributed by atoms with Crippen molar-refractivity contribution < 1.29 is 9.59 Å². The van der Waals surface area contributed by atoms with E-state index in [0.29, 0.717) is 28.7 Å². The van der Waals surface area contributed by atoms with Gasteiger partial charge in [-0.3, -0.25) is 9.59 Å². The van der Waals surface area contributed by atoms with Gasteiger partial charge >= 0.3 is 0 Å². The van der Waals surface area contributed by atoms with Crippen LogP contribution in [0, 0.1) is 5.41 Å². The molecule has 1 saturated heterocycles. The van der Waals surface area contributed by atoms with Crippen LogP contribution in [0.3, 0.4) is 0 Å². The minimum Gasteiger partial charge on any atom is -0.349 e. The van der Waals surface area contributed by atoms with E-state index < -0.39 is 0 Å². The van der Waals surface area contributed by atoms with Gasteiger partial charge in [-0.25, -0.2) is 0 Å². The number of amides is 2. The summed E-state index contributed by atoms with van der Waals surface area (Å²) in [5.74, 6) is -0.0460. The molecule has 126 valence electrons.